The Bertz CT molecular complexity index is 185. The van der Waals surface area contributed by atoms with Gasteiger partial charge in [-0.1, -0.05) is 19.6 Å². The molecule has 0 aromatic carbocycles. The molecule has 0 aliphatic rings. The summed E-state index contributed by atoms with van der Waals surface area (Å²) in [6.07, 6.45) is 2.48. The first-order chi connectivity index (χ1) is 7.31. The molecule has 0 aliphatic carbocycles. The molecule has 0 bridgehead atoms. The molecule has 98 valence electrons. The Morgan fingerprint density at radius 3 is 1.69 bits per heavy atom. The molecule has 1 unspecified atom stereocenters. The van der Waals surface area contributed by atoms with Gasteiger partial charge in [-0.3, -0.25) is 0 Å². The van der Waals surface area contributed by atoms with Gasteiger partial charge in [-0.25, -0.2) is 0 Å². The summed E-state index contributed by atoms with van der Waals surface area (Å²) in [5, 5.41) is 0. The summed E-state index contributed by atoms with van der Waals surface area (Å²) in [5.74, 6) is 0. The lowest BCUT2D eigenvalue weighted by atomic mass is 10.6. The van der Waals surface area contributed by atoms with Gasteiger partial charge in [0.15, 0.2) is 0 Å². The van der Waals surface area contributed by atoms with Crippen LogP contribution in [0.4, 0.5) is 0 Å². The van der Waals surface area contributed by atoms with Crippen molar-refractivity contribution in [3.63, 3.8) is 0 Å². The van der Waals surface area contributed by atoms with Crippen LogP contribution in [-0.4, -0.2) is 50.7 Å². The summed E-state index contributed by atoms with van der Waals surface area (Å²) in [6, 6.07) is 0.938. The maximum Gasteiger partial charge on any atom is 0.500 e. The third-order valence-electron chi connectivity index (χ3n) is 3.05. The Morgan fingerprint density at radius 2 is 1.38 bits per heavy atom. The number of hydrogen-bond acceptors (Lipinski definition) is 3. The lowest BCUT2D eigenvalue weighted by Gasteiger charge is -2.28. The molecule has 0 N–H and O–H groups in total. The van der Waals surface area contributed by atoms with E-state index < -0.39 is 16.5 Å². The van der Waals surface area contributed by atoms with E-state index in [2.05, 4.69) is 26.3 Å². The Hall–Kier alpha value is 0.744. The van der Waals surface area contributed by atoms with Gasteiger partial charge in [-0.2, -0.15) is 0 Å². The van der Waals surface area contributed by atoms with Crippen LogP contribution < -0.4 is 0 Å². The Labute approximate surface area is 104 Å². The Balaban J connectivity index is 4.05. The molecular formula is C10H27O3PSi2. The minimum Gasteiger partial charge on any atom is -0.377 e. The SMILES string of the molecule is CO[Si](CCCP(C)[Si](C)(C)C)(OC)OC. The van der Waals surface area contributed by atoms with E-state index in [1.807, 2.05) is 0 Å². The standard InChI is InChI=1S/C10H27O3PSi2/c1-11-16(12-2,13-3)10-8-9-14(4)15(5,6)7/h8-10H2,1-7H3. The lowest BCUT2D eigenvalue weighted by Crippen LogP contribution is -2.42. The summed E-state index contributed by atoms with van der Waals surface area (Å²) in [6.45, 7) is 9.78. The van der Waals surface area contributed by atoms with Crippen molar-refractivity contribution in [2.24, 2.45) is 0 Å². The first kappa shape index (κ1) is 16.7. The van der Waals surface area contributed by atoms with E-state index in [1.165, 1.54) is 6.16 Å². The average molecular weight is 282 g/mol. The highest BCUT2D eigenvalue weighted by atomic mass is 31.4. The van der Waals surface area contributed by atoms with Gasteiger partial charge in [0.1, 0.15) is 0 Å². The molecule has 6 heteroatoms. The quantitative estimate of drug-likeness (QED) is 0.505. The zero-order valence-electron chi connectivity index (χ0n) is 11.8. The first-order valence-corrected chi connectivity index (χ1v) is 13.9. The molecule has 0 aliphatic heterocycles. The first-order valence-electron chi connectivity index (χ1n) is 5.68. The van der Waals surface area contributed by atoms with Crippen molar-refractivity contribution in [3.8, 4) is 0 Å². The molecular weight excluding hydrogens is 255 g/mol. The topological polar surface area (TPSA) is 27.7 Å². The monoisotopic (exact) mass is 282 g/mol. The van der Waals surface area contributed by atoms with Crippen molar-refractivity contribution in [2.45, 2.75) is 32.1 Å². The second kappa shape index (κ2) is 7.24. The molecule has 0 saturated heterocycles. The zero-order valence-corrected chi connectivity index (χ0v) is 14.7. The van der Waals surface area contributed by atoms with Crippen LogP contribution >= 0.6 is 7.47 Å². The zero-order chi connectivity index (χ0) is 12.8. The minimum atomic E-state index is -2.32. The van der Waals surface area contributed by atoms with E-state index in [9.17, 15) is 0 Å². The highest BCUT2D eigenvalue weighted by Crippen LogP contribution is 2.43. The fourth-order valence-corrected chi connectivity index (χ4v) is 7.23. The Morgan fingerprint density at radius 1 is 0.938 bits per heavy atom. The van der Waals surface area contributed by atoms with Gasteiger partial charge in [0.25, 0.3) is 0 Å². The Kier molecular flexibility index (Phi) is 7.58. The van der Waals surface area contributed by atoms with E-state index in [0.717, 1.165) is 12.5 Å². The van der Waals surface area contributed by atoms with Crippen LogP contribution in [0.25, 0.3) is 0 Å². The number of hydrogen-bond donors (Lipinski definition) is 0. The van der Waals surface area contributed by atoms with Gasteiger partial charge in [-0.05, 0) is 19.2 Å². The van der Waals surface area contributed by atoms with Gasteiger partial charge >= 0.3 is 8.80 Å². The van der Waals surface area contributed by atoms with Crippen molar-refractivity contribution in [1.82, 2.24) is 0 Å². The summed E-state index contributed by atoms with van der Waals surface area (Å²) in [7, 11) is 2.02. The van der Waals surface area contributed by atoms with E-state index in [1.54, 1.807) is 21.3 Å². The van der Waals surface area contributed by atoms with Crippen molar-refractivity contribution < 1.29 is 13.3 Å². The molecule has 0 amide bonds. The minimum absolute atomic E-state index is 0.205. The summed E-state index contributed by atoms with van der Waals surface area (Å²) in [5.41, 5.74) is 0. The van der Waals surface area contributed by atoms with E-state index >= 15 is 0 Å². The van der Waals surface area contributed by atoms with Gasteiger partial charge in [-0.15, -0.1) is 7.47 Å². The maximum absolute atomic E-state index is 5.42. The second-order valence-corrected chi connectivity index (χ2v) is 20.6. The fourth-order valence-electron chi connectivity index (χ4n) is 1.42. The normalized spacial score (nSPS) is 15.2. The van der Waals surface area contributed by atoms with E-state index in [0.29, 0.717) is 0 Å². The summed E-state index contributed by atoms with van der Waals surface area (Å²) >= 11 is 0. The highest BCUT2D eigenvalue weighted by molar-refractivity contribution is 7.94. The molecule has 1 atom stereocenters. The predicted molar refractivity (Wildman–Crippen MR) is 77.3 cm³/mol. The van der Waals surface area contributed by atoms with Crippen LogP contribution in [0.15, 0.2) is 0 Å². The van der Waals surface area contributed by atoms with Crippen LogP contribution in [-0.2, 0) is 13.3 Å². The number of rotatable bonds is 8. The van der Waals surface area contributed by atoms with Crippen molar-refractivity contribution in [1.29, 1.82) is 0 Å². The third kappa shape index (κ3) is 5.38. The molecule has 16 heavy (non-hydrogen) atoms. The van der Waals surface area contributed by atoms with Crippen LogP contribution in [0.3, 0.4) is 0 Å². The molecule has 0 aromatic rings. The third-order valence-corrected chi connectivity index (χ3v) is 16.7. The summed E-state index contributed by atoms with van der Waals surface area (Å²) in [4.78, 5) is 0. The lowest BCUT2D eigenvalue weighted by molar-refractivity contribution is 0.123. The molecule has 0 aromatic heterocycles. The molecule has 0 fully saturated rings. The molecule has 0 heterocycles. The fraction of sp³-hybridized carbons (Fsp3) is 1.00. The molecule has 0 rings (SSSR count). The maximum atomic E-state index is 5.42. The van der Waals surface area contributed by atoms with E-state index in [4.69, 9.17) is 13.3 Å². The van der Waals surface area contributed by atoms with Gasteiger partial charge in [0.2, 0.25) is 0 Å². The summed E-state index contributed by atoms with van der Waals surface area (Å²) < 4.78 is 16.3. The van der Waals surface area contributed by atoms with Crippen LogP contribution in [0.1, 0.15) is 6.42 Å². The second-order valence-electron chi connectivity index (χ2n) is 4.99. The van der Waals surface area contributed by atoms with Crippen LogP contribution in [0.2, 0.25) is 25.7 Å². The van der Waals surface area contributed by atoms with E-state index in [-0.39, 0.29) is 7.47 Å². The van der Waals surface area contributed by atoms with Crippen LogP contribution in [0, 0.1) is 0 Å². The molecule has 0 saturated carbocycles. The van der Waals surface area contributed by atoms with Gasteiger partial charge < -0.3 is 13.3 Å². The van der Waals surface area contributed by atoms with Crippen LogP contribution in [0.5, 0.6) is 0 Å². The molecule has 0 spiro atoms. The van der Waals surface area contributed by atoms with Crippen molar-refractivity contribution >= 4 is 24.0 Å². The van der Waals surface area contributed by atoms with Gasteiger partial charge in [0.05, 0.1) is 7.74 Å². The highest BCUT2D eigenvalue weighted by Gasteiger charge is 2.37. The average Bonchev–Trinajstić information content (AvgIpc) is 2.23. The predicted octanol–water partition coefficient (Wildman–Crippen LogP) is 3.20. The molecule has 0 radical (unpaired) electrons. The smallest absolute Gasteiger partial charge is 0.377 e. The largest absolute Gasteiger partial charge is 0.500 e. The molecule has 3 nitrogen and oxygen atoms in total. The van der Waals surface area contributed by atoms with Crippen molar-refractivity contribution in [2.75, 3.05) is 34.2 Å². The van der Waals surface area contributed by atoms with Crippen molar-refractivity contribution in [3.05, 3.63) is 0 Å². The van der Waals surface area contributed by atoms with Gasteiger partial charge in [0, 0.05) is 27.4 Å².